The molecule has 0 amide bonds. The summed E-state index contributed by atoms with van der Waals surface area (Å²) in [4.78, 5) is 27.0. The minimum Gasteiger partial charge on any atom is -0.481 e. The van der Waals surface area contributed by atoms with Gasteiger partial charge in [-0.15, -0.1) is 23.5 Å². The van der Waals surface area contributed by atoms with Crippen molar-refractivity contribution in [1.82, 2.24) is 4.98 Å². The molecule has 0 fully saturated rings. The first-order valence-corrected chi connectivity index (χ1v) is 13.0. The fourth-order valence-corrected chi connectivity index (χ4v) is 6.88. The maximum atomic E-state index is 11.1. The van der Waals surface area contributed by atoms with Crippen LogP contribution >= 0.6 is 35.1 Å². The lowest BCUT2D eigenvalue weighted by Crippen LogP contribution is -2.11. The third kappa shape index (κ3) is 8.08. The molecule has 3 aromatic rings. The van der Waals surface area contributed by atoms with E-state index in [1.54, 1.807) is 23.5 Å². The Hall–Kier alpha value is -2.48. The summed E-state index contributed by atoms with van der Waals surface area (Å²) < 4.78 is -0.0852. The second-order valence-electron chi connectivity index (χ2n) is 8.00. The molecular weight excluding hydrogens is 490 g/mol. The highest BCUT2D eigenvalue weighted by Crippen LogP contribution is 2.45. The van der Waals surface area contributed by atoms with Gasteiger partial charge < -0.3 is 10.2 Å². The summed E-state index contributed by atoms with van der Waals surface area (Å²) in [6, 6.07) is 17.6. The molecule has 3 rings (SSSR count). The maximum absolute atomic E-state index is 11.1. The van der Waals surface area contributed by atoms with Gasteiger partial charge in [-0.3, -0.25) is 9.59 Å². The summed E-state index contributed by atoms with van der Waals surface area (Å²) in [5.41, 5.74) is 3.64. The van der Waals surface area contributed by atoms with E-state index in [9.17, 15) is 9.59 Å². The highest BCUT2D eigenvalue weighted by molar-refractivity contribution is 8.16. The minimum absolute atomic E-state index is 0.0479. The Labute approximate surface area is 212 Å². The van der Waals surface area contributed by atoms with Crippen molar-refractivity contribution in [1.29, 1.82) is 0 Å². The summed E-state index contributed by atoms with van der Waals surface area (Å²) in [7, 11) is 0. The molecule has 0 aliphatic rings. The first-order valence-electron chi connectivity index (χ1n) is 10.8. The Bertz CT molecular complexity index is 1180. The number of aromatic nitrogens is 1. The molecule has 2 aromatic carbocycles. The zero-order chi connectivity index (χ0) is 24.7. The highest BCUT2D eigenvalue weighted by Gasteiger charge is 2.22. The Kier molecular flexibility index (Phi) is 9.45. The summed E-state index contributed by atoms with van der Waals surface area (Å²) in [5.74, 6) is -1.69. The van der Waals surface area contributed by atoms with Crippen LogP contribution in [0.5, 0.6) is 0 Å². The van der Waals surface area contributed by atoms with Gasteiger partial charge in [0.1, 0.15) is 0 Å². The molecule has 0 aliphatic heterocycles. The van der Waals surface area contributed by atoms with E-state index in [2.05, 4.69) is 11.1 Å². The smallest absolute Gasteiger partial charge is 0.304 e. The quantitative estimate of drug-likeness (QED) is 0.260. The molecule has 2 unspecified atom stereocenters. The van der Waals surface area contributed by atoms with E-state index >= 15 is 0 Å². The van der Waals surface area contributed by atoms with E-state index in [1.807, 2.05) is 74.5 Å². The Morgan fingerprint density at radius 1 is 0.941 bits per heavy atom. The summed E-state index contributed by atoms with van der Waals surface area (Å²) in [5, 5.41) is 19.7. The van der Waals surface area contributed by atoms with Crippen LogP contribution in [0.15, 0.2) is 54.6 Å². The highest BCUT2D eigenvalue weighted by atomic mass is 35.5. The molecule has 34 heavy (non-hydrogen) atoms. The molecule has 0 bridgehead atoms. The first-order chi connectivity index (χ1) is 16.2. The van der Waals surface area contributed by atoms with Crippen molar-refractivity contribution >= 4 is 70.1 Å². The maximum Gasteiger partial charge on any atom is 0.304 e. The second kappa shape index (κ2) is 12.3. The van der Waals surface area contributed by atoms with Gasteiger partial charge in [0.15, 0.2) is 0 Å². The van der Waals surface area contributed by atoms with Gasteiger partial charge in [-0.25, -0.2) is 4.98 Å². The summed E-state index contributed by atoms with van der Waals surface area (Å²) in [6.45, 7) is 3.77. The van der Waals surface area contributed by atoms with E-state index in [-0.39, 0.29) is 27.9 Å². The van der Waals surface area contributed by atoms with Crippen molar-refractivity contribution in [3.05, 3.63) is 76.4 Å². The van der Waals surface area contributed by atoms with Gasteiger partial charge >= 0.3 is 11.9 Å². The Morgan fingerprint density at radius 3 is 2.24 bits per heavy atom. The third-order valence-corrected chi connectivity index (χ3v) is 8.14. The number of pyridine rings is 1. The SMILES string of the molecule is CC(CC(=O)O)SC(SC(C)CC(=O)O)c1cccc(/C=C/c2ccc3ccc(Cl)cc3n2)c1. The third-order valence-electron chi connectivity index (χ3n) is 4.94. The van der Waals surface area contributed by atoms with Crippen molar-refractivity contribution in [2.75, 3.05) is 0 Å². The second-order valence-corrected chi connectivity index (χ2v) is 11.8. The Balaban J connectivity index is 1.82. The zero-order valence-electron chi connectivity index (χ0n) is 18.8. The van der Waals surface area contributed by atoms with Crippen LogP contribution in [0.2, 0.25) is 5.02 Å². The lowest BCUT2D eigenvalue weighted by Gasteiger charge is -2.23. The largest absolute Gasteiger partial charge is 0.481 e. The fraction of sp³-hybridized carbons (Fsp3) is 0.269. The number of benzene rings is 2. The number of nitrogens with zero attached hydrogens (tertiary/aromatic N) is 1. The van der Waals surface area contributed by atoms with Crippen molar-refractivity contribution in [3.63, 3.8) is 0 Å². The Morgan fingerprint density at radius 2 is 1.59 bits per heavy atom. The number of carboxylic acids is 2. The molecule has 2 atom stereocenters. The number of thioether (sulfide) groups is 2. The molecule has 1 heterocycles. The lowest BCUT2D eigenvalue weighted by molar-refractivity contribution is -0.137. The molecule has 178 valence electrons. The van der Waals surface area contributed by atoms with Gasteiger partial charge in [0.25, 0.3) is 0 Å². The normalized spacial score (nSPS) is 14.2. The van der Waals surface area contributed by atoms with E-state index in [4.69, 9.17) is 21.8 Å². The van der Waals surface area contributed by atoms with Crippen molar-refractivity contribution in [3.8, 4) is 0 Å². The molecule has 0 aliphatic carbocycles. The van der Waals surface area contributed by atoms with Crippen LogP contribution in [0, 0.1) is 0 Å². The van der Waals surface area contributed by atoms with Crippen molar-refractivity contribution < 1.29 is 19.8 Å². The molecule has 5 nitrogen and oxygen atoms in total. The first kappa shape index (κ1) is 26.1. The molecule has 2 N–H and O–H groups in total. The summed E-state index contributed by atoms with van der Waals surface area (Å²) in [6.07, 6.45) is 4.02. The molecule has 1 aromatic heterocycles. The van der Waals surface area contributed by atoms with E-state index in [0.29, 0.717) is 5.02 Å². The van der Waals surface area contributed by atoms with Gasteiger partial charge in [0.2, 0.25) is 0 Å². The van der Waals surface area contributed by atoms with Gasteiger partial charge in [-0.2, -0.15) is 0 Å². The van der Waals surface area contributed by atoms with Gasteiger partial charge in [-0.05, 0) is 41.5 Å². The number of carbonyl (C=O) groups is 2. The number of halogens is 1. The van der Waals surface area contributed by atoms with Gasteiger partial charge in [-0.1, -0.05) is 61.9 Å². The van der Waals surface area contributed by atoms with Crippen LogP contribution in [0.3, 0.4) is 0 Å². The molecule has 0 spiro atoms. The predicted molar refractivity (Wildman–Crippen MR) is 143 cm³/mol. The van der Waals surface area contributed by atoms with Crippen molar-refractivity contribution in [2.24, 2.45) is 0 Å². The fourth-order valence-electron chi connectivity index (χ4n) is 3.39. The molecule has 8 heteroatoms. The monoisotopic (exact) mass is 515 g/mol. The van der Waals surface area contributed by atoms with Gasteiger partial charge in [0.05, 0.1) is 28.6 Å². The number of aliphatic carboxylic acids is 2. The number of fused-ring (bicyclic) bond motifs is 1. The average molecular weight is 516 g/mol. The topological polar surface area (TPSA) is 87.5 Å². The number of rotatable bonds is 11. The van der Waals surface area contributed by atoms with Crippen LogP contribution in [-0.4, -0.2) is 37.6 Å². The van der Waals surface area contributed by atoms with Crippen LogP contribution in [0.4, 0.5) is 0 Å². The van der Waals surface area contributed by atoms with Crippen molar-refractivity contribution in [2.45, 2.75) is 41.8 Å². The van der Waals surface area contributed by atoms with Crippen LogP contribution in [-0.2, 0) is 9.59 Å². The van der Waals surface area contributed by atoms with E-state index in [1.165, 1.54) is 0 Å². The molecule has 0 saturated carbocycles. The van der Waals surface area contributed by atoms with Crippen LogP contribution in [0.25, 0.3) is 23.1 Å². The van der Waals surface area contributed by atoms with E-state index in [0.717, 1.165) is 27.7 Å². The van der Waals surface area contributed by atoms with Crippen LogP contribution < -0.4 is 0 Å². The van der Waals surface area contributed by atoms with Crippen LogP contribution in [0.1, 0.15) is 48.1 Å². The predicted octanol–water partition coefficient (Wildman–Crippen LogP) is 7.25. The standard InChI is InChI=1S/C26H26ClNO4S2/c1-16(12-24(29)30)33-26(34-17(2)13-25(31)32)20-5-3-4-18(14-20)6-10-22-11-8-19-7-9-21(27)15-23(19)28-22/h3-11,14-17,26H,12-13H2,1-2H3,(H,29,30)(H,31,32)/b10-6+. The number of hydrogen-bond acceptors (Lipinski definition) is 5. The number of hydrogen-bond donors (Lipinski definition) is 2. The molecule has 0 saturated heterocycles. The molecular formula is C26H26ClNO4S2. The minimum atomic E-state index is -0.844. The number of carboxylic acid groups (broad SMARTS) is 2. The lowest BCUT2D eigenvalue weighted by atomic mass is 10.1. The molecule has 0 radical (unpaired) electrons. The van der Waals surface area contributed by atoms with E-state index < -0.39 is 11.9 Å². The zero-order valence-corrected chi connectivity index (χ0v) is 21.2. The average Bonchev–Trinajstić information content (AvgIpc) is 2.76. The summed E-state index contributed by atoms with van der Waals surface area (Å²) >= 11 is 9.19. The van der Waals surface area contributed by atoms with Gasteiger partial charge in [0, 0.05) is 20.9 Å².